The smallest absolute Gasteiger partial charge is 0.0944 e. The largest absolute Gasteiger partial charge is 0.390 e. The van der Waals surface area contributed by atoms with E-state index in [4.69, 9.17) is 4.74 Å². The van der Waals surface area contributed by atoms with Crippen LogP contribution in [0.2, 0.25) is 0 Å². The van der Waals surface area contributed by atoms with E-state index in [1.54, 1.807) is 0 Å². The molecule has 21 heavy (non-hydrogen) atoms. The van der Waals surface area contributed by atoms with Gasteiger partial charge in [-0.05, 0) is 56.6 Å². The summed E-state index contributed by atoms with van der Waals surface area (Å²) in [6, 6.07) is 4.14. The zero-order valence-corrected chi connectivity index (χ0v) is 13.6. The predicted molar refractivity (Wildman–Crippen MR) is 85.3 cm³/mol. The van der Waals surface area contributed by atoms with Crippen LogP contribution >= 0.6 is 0 Å². The summed E-state index contributed by atoms with van der Waals surface area (Å²) in [5.74, 6) is 0.743. The van der Waals surface area contributed by atoms with E-state index in [2.05, 4.69) is 24.9 Å². The summed E-state index contributed by atoms with van der Waals surface area (Å²) in [5.41, 5.74) is 1.82. The van der Waals surface area contributed by atoms with E-state index in [0.29, 0.717) is 13.0 Å². The van der Waals surface area contributed by atoms with Gasteiger partial charge in [0.25, 0.3) is 0 Å². The van der Waals surface area contributed by atoms with E-state index in [1.807, 2.05) is 19.2 Å². The lowest BCUT2D eigenvalue weighted by Gasteiger charge is -2.42. The van der Waals surface area contributed by atoms with E-state index in [9.17, 15) is 5.11 Å². The molecule has 1 aliphatic carbocycles. The molecule has 1 aromatic rings. The van der Waals surface area contributed by atoms with Gasteiger partial charge in [-0.15, -0.1) is 0 Å². The highest BCUT2D eigenvalue weighted by Crippen LogP contribution is 2.38. The first kappa shape index (κ1) is 16.4. The molecule has 0 aromatic carbocycles. The first-order valence-electron chi connectivity index (χ1n) is 8.35. The highest BCUT2D eigenvalue weighted by atomic mass is 16.5. The number of pyridine rings is 1. The number of ether oxygens (including phenoxy) is 1. The van der Waals surface area contributed by atoms with Gasteiger partial charge in [0.2, 0.25) is 0 Å². The van der Waals surface area contributed by atoms with Crippen LogP contribution < -0.4 is 0 Å². The summed E-state index contributed by atoms with van der Waals surface area (Å²) in [5, 5.41) is 10.8. The van der Waals surface area contributed by atoms with E-state index >= 15 is 0 Å². The summed E-state index contributed by atoms with van der Waals surface area (Å²) in [7, 11) is 0. The third-order valence-corrected chi connectivity index (χ3v) is 4.86. The Kier molecular flexibility index (Phi) is 5.77. The second-order valence-electron chi connectivity index (χ2n) is 6.41. The van der Waals surface area contributed by atoms with Crippen LogP contribution in [0.3, 0.4) is 0 Å². The average molecular weight is 291 g/mol. The Morgan fingerprint density at radius 2 is 2.05 bits per heavy atom. The molecule has 0 spiro atoms. The second-order valence-corrected chi connectivity index (χ2v) is 6.41. The Bertz CT molecular complexity index is 421. The minimum absolute atomic E-state index is 0.369. The van der Waals surface area contributed by atoms with Crippen LogP contribution in [0.25, 0.3) is 0 Å². The number of nitrogens with zero attached hydrogens (tertiary/aromatic N) is 1. The quantitative estimate of drug-likeness (QED) is 0.872. The van der Waals surface area contributed by atoms with Gasteiger partial charge >= 0.3 is 0 Å². The van der Waals surface area contributed by atoms with Gasteiger partial charge in [0, 0.05) is 24.9 Å². The van der Waals surface area contributed by atoms with Crippen LogP contribution in [0.5, 0.6) is 0 Å². The molecular formula is C18H29NO2. The van der Waals surface area contributed by atoms with Crippen molar-refractivity contribution in [3.8, 4) is 0 Å². The second kappa shape index (κ2) is 7.37. The fourth-order valence-corrected chi connectivity index (χ4v) is 3.28. The molecule has 1 unspecified atom stereocenters. The standard InChI is InChI=1S/C18H29NO2/c1-4-15-6-7-16(19-13-15)12-17(20)18(21-5-2)10-8-14(3)9-11-18/h6-7,13-14,17,20H,4-5,8-12H2,1-3H3. The molecule has 1 heterocycles. The lowest BCUT2D eigenvalue weighted by molar-refractivity contribution is -0.143. The molecule has 3 nitrogen and oxygen atoms in total. The number of aromatic nitrogens is 1. The molecule has 1 fully saturated rings. The van der Waals surface area contributed by atoms with Crippen molar-refractivity contribution in [3.05, 3.63) is 29.6 Å². The molecule has 118 valence electrons. The van der Waals surface area contributed by atoms with Gasteiger partial charge in [-0.1, -0.05) is 19.9 Å². The van der Waals surface area contributed by atoms with Crippen LogP contribution in [-0.2, 0) is 17.6 Å². The molecule has 0 saturated heterocycles. The number of hydrogen-bond acceptors (Lipinski definition) is 3. The highest BCUT2D eigenvalue weighted by molar-refractivity contribution is 5.15. The van der Waals surface area contributed by atoms with Crippen LogP contribution in [0.1, 0.15) is 57.7 Å². The van der Waals surface area contributed by atoms with Gasteiger partial charge < -0.3 is 9.84 Å². The molecule has 1 atom stereocenters. The maximum absolute atomic E-state index is 10.8. The van der Waals surface area contributed by atoms with Gasteiger partial charge in [-0.2, -0.15) is 0 Å². The average Bonchev–Trinajstić information content (AvgIpc) is 2.51. The lowest BCUT2D eigenvalue weighted by Crippen LogP contribution is -2.48. The van der Waals surface area contributed by atoms with Gasteiger partial charge in [0.05, 0.1) is 11.7 Å². The topological polar surface area (TPSA) is 42.4 Å². The summed E-state index contributed by atoms with van der Waals surface area (Å²) < 4.78 is 6.02. The molecule has 0 aliphatic heterocycles. The summed E-state index contributed by atoms with van der Waals surface area (Å²) >= 11 is 0. The van der Waals surface area contributed by atoms with Crippen molar-refractivity contribution in [2.24, 2.45) is 5.92 Å². The van der Waals surface area contributed by atoms with E-state index in [0.717, 1.165) is 43.7 Å². The SMILES string of the molecule is CCOC1(C(O)Cc2ccc(CC)cn2)CCC(C)CC1. The van der Waals surface area contributed by atoms with Crippen molar-refractivity contribution in [2.45, 2.75) is 71.0 Å². The van der Waals surface area contributed by atoms with Crippen molar-refractivity contribution < 1.29 is 9.84 Å². The van der Waals surface area contributed by atoms with E-state index in [1.165, 1.54) is 5.56 Å². The third kappa shape index (κ3) is 4.04. The summed E-state index contributed by atoms with van der Waals surface area (Å²) in [6.07, 6.45) is 7.21. The van der Waals surface area contributed by atoms with Crippen molar-refractivity contribution in [3.63, 3.8) is 0 Å². The first-order chi connectivity index (χ1) is 10.1. The summed E-state index contributed by atoms with van der Waals surface area (Å²) in [6.45, 7) is 7.08. The molecule has 1 aromatic heterocycles. The Morgan fingerprint density at radius 1 is 1.33 bits per heavy atom. The fourth-order valence-electron chi connectivity index (χ4n) is 3.28. The minimum atomic E-state index is -0.468. The summed E-state index contributed by atoms with van der Waals surface area (Å²) in [4.78, 5) is 4.47. The number of aliphatic hydroxyl groups excluding tert-OH is 1. The molecule has 0 bridgehead atoms. The Hall–Kier alpha value is -0.930. The van der Waals surface area contributed by atoms with Gasteiger partial charge in [-0.3, -0.25) is 4.98 Å². The van der Waals surface area contributed by atoms with Crippen molar-refractivity contribution in [1.29, 1.82) is 0 Å². The molecule has 0 amide bonds. The van der Waals surface area contributed by atoms with Crippen molar-refractivity contribution in [1.82, 2.24) is 4.98 Å². The minimum Gasteiger partial charge on any atom is -0.390 e. The van der Waals surface area contributed by atoms with E-state index in [-0.39, 0.29) is 5.60 Å². The van der Waals surface area contributed by atoms with Gasteiger partial charge in [0.1, 0.15) is 0 Å². The molecule has 3 heteroatoms. The zero-order valence-electron chi connectivity index (χ0n) is 13.6. The van der Waals surface area contributed by atoms with Crippen LogP contribution in [0.15, 0.2) is 18.3 Å². The fraction of sp³-hybridized carbons (Fsp3) is 0.722. The molecule has 0 radical (unpaired) electrons. The first-order valence-corrected chi connectivity index (χ1v) is 8.35. The van der Waals surface area contributed by atoms with Crippen molar-refractivity contribution >= 4 is 0 Å². The van der Waals surface area contributed by atoms with Gasteiger partial charge in [-0.25, -0.2) is 0 Å². The molecule has 2 rings (SSSR count). The lowest BCUT2D eigenvalue weighted by atomic mass is 9.75. The number of hydrogen-bond donors (Lipinski definition) is 1. The van der Waals surface area contributed by atoms with Crippen LogP contribution in [0, 0.1) is 5.92 Å². The maximum atomic E-state index is 10.8. The Labute approximate surface area is 128 Å². The number of aryl methyl sites for hydroxylation is 1. The molecule has 1 aliphatic rings. The molecule has 1 N–H and O–H groups in total. The number of rotatable bonds is 6. The predicted octanol–water partition coefficient (Wildman–Crippen LogP) is 3.53. The van der Waals surface area contributed by atoms with E-state index < -0.39 is 6.10 Å². The monoisotopic (exact) mass is 291 g/mol. The van der Waals surface area contributed by atoms with Crippen molar-refractivity contribution in [2.75, 3.05) is 6.61 Å². The Balaban J connectivity index is 2.05. The molecule has 1 saturated carbocycles. The highest BCUT2D eigenvalue weighted by Gasteiger charge is 2.41. The van der Waals surface area contributed by atoms with Crippen LogP contribution in [0.4, 0.5) is 0 Å². The van der Waals surface area contributed by atoms with Gasteiger partial charge in [0.15, 0.2) is 0 Å². The zero-order chi connectivity index (χ0) is 15.3. The third-order valence-electron chi connectivity index (χ3n) is 4.86. The maximum Gasteiger partial charge on any atom is 0.0944 e. The Morgan fingerprint density at radius 3 is 2.57 bits per heavy atom. The number of aliphatic hydroxyl groups is 1. The van der Waals surface area contributed by atoms with Crippen LogP contribution in [-0.4, -0.2) is 28.4 Å². The normalized spacial score (nSPS) is 27.5. The molecular weight excluding hydrogens is 262 g/mol.